The van der Waals surface area contributed by atoms with Gasteiger partial charge in [-0.15, -0.1) is 0 Å². The molecule has 1 aromatic heterocycles. The minimum absolute atomic E-state index is 0.0652. The number of hydrogen-bond acceptors (Lipinski definition) is 6. The Morgan fingerprint density at radius 3 is 2.42 bits per heavy atom. The van der Waals surface area contributed by atoms with Crippen molar-refractivity contribution in [3.63, 3.8) is 0 Å². The van der Waals surface area contributed by atoms with E-state index in [1.54, 1.807) is 25.4 Å². The minimum atomic E-state index is -0.890. The number of benzene rings is 1. The summed E-state index contributed by atoms with van der Waals surface area (Å²) in [5, 5.41) is 8.69. The van der Waals surface area contributed by atoms with E-state index in [9.17, 15) is 24.0 Å². The third-order valence-electron chi connectivity index (χ3n) is 7.98. The summed E-state index contributed by atoms with van der Waals surface area (Å²) in [5.41, 5.74) is 1.84. The second-order valence-corrected chi connectivity index (χ2v) is 11.7. The Morgan fingerprint density at radius 2 is 1.72 bits per heavy atom. The largest absolute Gasteiger partial charge is 0.349 e. The number of pyridine rings is 1. The summed E-state index contributed by atoms with van der Waals surface area (Å²) >= 11 is 0. The van der Waals surface area contributed by atoms with Crippen LogP contribution in [0.25, 0.3) is 0 Å². The SMILES string of the molecule is CC(C)[C@@H]1NC(=O)[C@H]2CCCN2C(=O)[C@H](C)NC(=O)CN(C(=O)CCc2cccnc2)C[C@H](Cc2ccccc2)NC1=O. The second-order valence-electron chi connectivity index (χ2n) is 11.7. The van der Waals surface area contributed by atoms with Crippen LogP contribution in [0.5, 0.6) is 0 Å². The van der Waals surface area contributed by atoms with E-state index in [0.717, 1.165) is 11.1 Å². The van der Waals surface area contributed by atoms with Gasteiger partial charge < -0.3 is 25.8 Å². The van der Waals surface area contributed by atoms with Gasteiger partial charge in [0.25, 0.3) is 0 Å². The highest BCUT2D eigenvalue weighted by Gasteiger charge is 2.39. The van der Waals surface area contributed by atoms with Crippen molar-refractivity contribution in [2.75, 3.05) is 19.6 Å². The number of carbonyl (C=O) groups excluding carboxylic acids is 5. The molecule has 43 heavy (non-hydrogen) atoms. The number of hydrogen-bond donors (Lipinski definition) is 3. The van der Waals surface area contributed by atoms with Crippen LogP contribution in [-0.2, 0) is 36.8 Å². The van der Waals surface area contributed by atoms with Crippen LogP contribution in [0.2, 0.25) is 0 Å². The molecule has 0 saturated carbocycles. The van der Waals surface area contributed by atoms with Crippen molar-refractivity contribution in [2.24, 2.45) is 5.92 Å². The number of aromatic nitrogens is 1. The van der Waals surface area contributed by atoms with Crippen molar-refractivity contribution in [1.29, 1.82) is 0 Å². The first-order valence-corrected chi connectivity index (χ1v) is 15.0. The third kappa shape index (κ3) is 8.62. The van der Waals surface area contributed by atoms with E-state index in [2.05, 4.69) is 20.9 Å². The Morgan fingerprint density at radius 1 is 0.977 bits per heavy atom. The van der Waals surface area contributed by atoms with Crippen molar-refractivity contribution in [1.82, 2.24) is 30.7 Å². The lowest BCUT2D eigenvalue weighted by molar-refractivity contribution is -0.142. The maximum absolute atomic E-state index is 13.7. The van der Waals surface area contributed by atoms with Gasteiger partial charge in [-0.05, 0) is 55.7 Å². The monoisotopic (exact) mass is 590 g/mol. The summed E-state index contributed by atoms with van der Waals surface area (Å²) in [5.74, 6) is -2.13. The molecule has 4 atom stereocenters. The Labute approximate surface area is 252 Å². The van der Waals surface area contributed by atoms with Crippen LogP contribution in [0, 0.1) is 5.92 Å². The van der Waals surface area contributed by atoms with Crippen LogP contribution in [0.4, 0.5) is 0 Å². The van der Waals surface area contributed by atoms with Crippen molar-refractivity contribution < 1.29 is 24.0 Å². The highest BCUT2D eigenvalue weighted by molar-refractivity contribution is 5.95. The average Bonchev–Trinajstić information content (AvgIpc) is 3.48. The number of aryl methyl sites for hydroxylation is 1. The van der Waals surface area contributed by atoms with E-state index in [1.807, 2.05) is 50.2 Å². The molecule has 5 amide bonds. The highest BCUT2D eigenvalue weighted by Crippen LogP contribution is 2.20. The zero-order valence-corrected chi connectivity index (χ0v) is 25.1. The lowest BCUT2D eigenvalue weighted by Gasteiger charge is -2.31. The third-order valence-corrected chi connectivity index (χ3v) is 7.98. The quantitative estimate of drug-likeness (QED) is 0.462. The molecule has 3 N–H and O–H groups in total. The molecule has 2 aliphatic rings. The van der Waals surface area contributed by atoms with E-state index in [1.165, 1.54) is 9.80 Å². The Bertz CT molecular complexity index is 1290. The molecule has 0 spiro atoms. The number of nitrogens with one attached hydrogen (secondary N) is 3. The van der Waals surface area contributed by atoms with E-state index in [-0.39, 0.29) is 49.1 Å². The second kappa shape index (κ2) is 14.8. The van der Waals surface area contributed by atoms with Gasteiger partial charge in [-0.2, -0.15) is 0 Å². The lowest BCUT2D eigenvalue weighted by atomic mass is 10.00. The van der Waals surface area contributed by atoms with Gasteiger partial charge in [0.1, 0.15) is 18.1 Å². The minimum Gasteiger partial charge on any atom is -0.349 e. The van der Waals surface area contributed by atoms with E-state index < -0.39 is 30.1 Å². The first-order valence-electron chi connectivity index (χ1n) is 15.0. The molecule has 2 saturated heterocycles. The smallest absolute Gasteiger partial charge is 0.245 e. The normalized spacial score (nSPS) is 24.0. The van der Waals surface area contributed by atoms with Crippen LogP contribution < -0.4 is 16.0 Å². The molecule has 0 unspecified atom stereocenters. The Kier molecular flexibility index (Phi) is 10.9. The van der Waals surface area contributed by atoms with Crippen LogP contribution in [0.1, 0.15) is 51.2 Å². The molecule has 3 heterocycles. The lowest BCUT2D eigenvalue weighted by Crippen LogP contribution is -2.58. The fourth-order valence-electron chi connectivity index (χ4n) is 5.69. The van der Waals surface area contributed by atoms with Gasteiger partial charge in [0.2, 0.25) is 29.5 Å². The summed E-state index contributed by atoms with van der Waals surface area (Å²) in [6.45, 7) is 5.45. The first-order chi connectivity index (χ1) is 20.6. The highest BCUT2D eigenvalue weighted by atomic mass is 16.2. The fourth-order valence-corrected chi connectivity index (χ4v) is 5.69. The van der Waals surface area contributed by atoms with Crippen molar-refractivity contribution in [2.45, 2.75) is 77.0 Å². The standard InChI is InChI=1S/C32H42N6O5/c1-21(2)29-31(42)35-25(17-23-9-5-4-6-10-23)19-37(28(40)14-13-24-11-7-15-33-18-24)20-27(39)34-22(3)32(43)38-16-8-12-26(38)30(41)36-29/h4-7,9-11,15,18,21-22,25-26,29H,8,12-14,16-17,19-20H2,1-3H3,(H,34,39)(H,35,42)(H,36,41)/t22-,25-,26+,29-/m0/s1. The maximum atomic E-state index is 13.7. The van der Waals surface area contributed by atoms with Crippen molar-refractivity contribution in [3.05, 3.63) is 66.0 Å². The predicted molar refractivity (Wildman–Crippen MR) is 160 cm³/mol. The number of nitrogens with zero attached hydrogens (tertiary/aromatic N) is 3. The van der Waals surface area contributed by atoms with Crippen LogP contribution in [0.15, 0.2) is 54.9 Å². The van der Waals surface area contributed by atoms with Gasteiger partial charge in [-0.3, -0.25) is 29.0 Å². The summed E-state index contributed by atoms with van der Waals surface area (Å²) < 4.78 is 0. The van der Waals surface area contributed by atoms with E-state index >= 15 is 0 Å². The van der Waals surface area contributed by atoms with Gasteiger partial charge in [0.15, 0.2) is 0 Å². The summed E-state index contributed by atoms with van der Waals surface area (Å²) in [7, 11) is 0. The van der Waals surface area contributed by atoms with Crippen molar-refractivity contribution >= 4 is 29.5 Å². The molecule has 230 valence electrons. The van der Waals surface area contributed by atoms with Crippen LogP contribution >= 0.6 is 0 Å². The average molecular weight is 591 g/mol. The molecular weight excluding hydrogens is 548 g/mol. The molecule has 0 bridgehead atoms. The molecule has 0 radical (unpaired) electrons. The summed E-state index contributed by atoms with van der Waals surface area (Å²) in [6.07, 6.45) is 5.46. The molecule has 1 aromatic carbocycles. The maximum Gasteiger partial charge on any atom is 0.245 e. The molecule has 2 aliphatic heterocycles. The van der Waals surface area contributed by atoms with Crippen LogP contribution in [-0.4, -0.2) is 88.1 Å². The number of fused-ring (bicyclic) bond motifs is 1. The van der Waals surface area contributed by atoms with Gasteiger partial charge in [-0.25, -0.2) is 0 Å². The van der Waals surface area contributed by atoms with Gasteiger partial charge in [-0.1, -0.05) is 50.2 Å². The molecule has 2 aromatic rings. The van der Waals surface area contributed by atoms with Crippen LogP contribution in [0.3, 0.4) is 0 Å². The molecule has 0 aliphatic carbocycles. The topological polar surface area (TPSA) is 141 Å². The van der Waals surface area contributed by atoms with E-state index in [0.29, 0.717) is 32.2 Å². The van der Waals surface area contributed by atoms with Gasteiger partial charge in [0.05, 0.1) is 12.6 Å². The molecule has 11 heteroatoms. The number of carbonyl (C=O) groups is 5. The molecule has 4 rings (SSSR count). The first kappa shape index (κ1) is 31.7. The summed E-state index contributed by atoms with van der Waals surface area (Å²) in [6, 6.07) is 10.3. The Balaban J connectivity index is 1.65. The zero-order valence-electron chi connectivity index (χ0n) is 25.1. The van der Waals surface area contributed by atoms with Crippen molar-refractivity contribution in [3.8, 4) is 0 Å². The summed E-state index contributed by atoms with van der Waals surface area (Å²) in [4.78, 5) is 74.3. The molecule has 11 nitrogen and oxygen atoms in total. The fraction of sp³-hybridized carbons (Fsp3) is 0.500. The zero-order chi connectivity index (χ0) is 30.9. The Hall–Kier alpha value is -4.28. The number of amides is 5. The molecular formula is C32H42N6O5. The predicted octanol–water partition coefficient (Wildman–Crippen LogP) is 1.22. The van der Waals surface area contributed by atoms with Gasteiger partial charge >= 0.3 is 0 Å². The number of rotatable bonds is 6. The van der Waals surface area contributed by atoms with E-state index in [4.69, 9.17) is 0 Å². The van der Waals surface area contributed by atoms with Gasteiger partial charge in [0, 0.05) is 31.9 Å². The molecule has 2 fully saturated rings.